The summed E-state index contributed by atoms with van der Waals surface area (Å²) >= 11 is 1.23. The molecule has 3 amide bonds. The predicted octanol–water partition coefficient (Wildman–Crippen LogP) is 2.97. The van der Waals surface area contributed by atoms with Crippen LogP contribution in [0, 0.1) is 0 Å². The summed E-state index contributed by atoms with van der Waals surface area (Å²) < 4.78 is 40.3. The molecule has 3 rings (SSSR count). The molecule has 1 aliphatic rings. The Balaban J connectivity index is 1.47. The van der Waals surface area contributed by atoms with Crippen LogP contribution in [0.5, 0.6) is 5.75 Å². The summed E-state index contributed by atoms with van der Waals surface area (Å²) in [7, 11) is 0. The number of hydrogen-bond donors (Lipinski definition) is 3. The van der Waals surface area contributed by atoms with E-state index in [-0.39, 0.29) is 36.3 Å². The molecular formula is C21H18F3N3O5S. The van der Waals surface area contributed by atoms with Gasteiger partial charge in [-0.2, -0.15) is 0 Å². The molecule has 0 saturated heterocycles. The third-order valence-corrected chi connectivity index (χ3v) is 5.22. The normalized spacial score (nSPS) is 13.7. The Bertz CT molecular complexity index is 1060. The standard InChI is InChI=1S/C21H18F3N3O5S/c22-21(23,24)32-15-5-1-14(2-6-15)26-18(29)12-33-16-7-3-13(4-8-16)25-17-11-19(30)27(9-10-28)20(17)31/h1-8,11,25,28H,9-10,12H2,(H,26,29). The third kappa shape index (κ3) is 6.99. The zero-order valence-corrected chi connectivity index (χ0v) is 17.7. The van der Waals surface area contributed by atoms with E-state index in [2.05, 4.69) is 15.4 Å². The maximum atomic E-state index is 12.2. The molecule has 0 aliphatic carbocycles. The fourth-order valence-electron chi connectivity index (χ4n) is 2.79. The average Bonchev–Trinajstić information content (AvgIpc) is 3.01. The summed E-state index contributed by atoms with van der Waals surface area (Å²) in [5.41, 5.74) is 0.983. The Morgan fingerprint density at radius 3 is 2.27 bits per heavy atom. The topological polar surface area (TPSA) is 108 Å². The summed E-state index contributed by atoms with van der Waals surface area (Å²) in [5, 5.41) is 14.4. The van der Waals surface area contributed by atoms with Gasteiger partial charge in [-0.15, -0.1) is 24.9 Å². The lowest BCUT2D eigenvalue weighted by molar-refractivity contribution is -0.274. The molecule has 0 radical (unpaired) electrons. The number of β-amino-alcohol motifs (C(OH)–C–C–N with tert-alkyl or cyclic N) is 1. The van der Waals surface area contributed by atoms with Crippen LogP contribution in [0.2, 0.25) is 0 Å². The van der Waals surface area contributed by atoms with Crippen LogP contribution in [0.15, 0.2) is 65.2 Å². The van der Waals surface area contributed by atoms with Crippen molar-refractivity contribution in [3.05, 3.63) is 60.3 Å². The highest BCUT2D eigenvalue weighted by Gasteiger charge is 2.31. The SMILES string of the molecule is O=C(CSc1ccc(NC2=CC(=O)N(CCO)C2=O)cc1)Nc1ccc(OC(F)(F)F)cc1. The monoisotopic (exact) mass is 481 g/mol. The lowest BCUT2D eigenvalue weighted by Crippen LogP contribution is -2.34. The Morgan fingerprint density at radius 2 is 1.67 bits per heavy atom. The van der Waals surface area contributed by atoms with Crippen molar-refractivity contribution >= 4 is 40.9 Å². The lowest BCUT2D eigenvalue weighted by Gasteiger charge is -2.13. The number of nitrogens with one attached hydrogen (secondary N) is 2. The molecule has 0 unspecified atom stereocenters. The molecule has 0 atom stereocenters. The Kier molecular flexibility index (Phi) is 7.61. The number of amides is 3. The highest BCUT2D eigenvalue weighted by Crippen LogP contribution is 2.25. The van der Waals surface area contributed by atoms with Crippen molar-refractivity contribution in [2.24, 2.45) is 0 Å². The molecule has 3 N–H and O–H groups in total. The molecular weight excluding hydrogens is 463 g/mol. The first-order valence-electron chi connectivity index (χ1n) is 9.48. The van der Waals surface area contributed by atoms with Crippen LogP contribution in [-0.2, 0) is 14.4 Å². The number of alkyl halides is 3. The van der Waals surface area contributed by atoms with Crippen LogP contribution in [0.4, 0.5) is 24.5 Å². The van der Waals surface area contributed by atoms with Crippen molar-refractivity contribution in [3.63, 3.8) is 0 Å². The van der Waals surface area contributed by atoms with Crippen LogP contribution in [0.3, 0.4) is 0 Å². The van der Waals surface area contributed by atoms with Gasteiger partial charge in [0.25, 0.3) is 11.8 Å². The van der Waals surface area contributed by atoms with Crippen LogP contribution >= 0.6 is 11.8 Å². The largest absolute Gasteiger partial charge is 0.573 e. The van der Waals surface area contributed by atoms with E-state index in [9.17, 15) is 27.6 Å². The first-order valence-corrected chi connectivity index (χ1v) is 10.5. The van der Waals surface area contributed by atoms with Gasteiger partial charge in [0.2, 0.25) is 5.91 Å². The molecule has 1 heterocycles. The van der Waals surface area contributed by atoms with Crippen LogP contribution in [0.1, 0.15) is 0 Å². The molecule has 174 valence electrons. The number of halogens is 3. The number of nitrogens with zero attached hydrogens (tertiary/aromatic N) is 1. The minimum atomic E-state index is -4.78. The molecule has 0 bridgehead atoms. The van der Waals surface area contributed by atoms with Crippen molar-refractivity contribution in [2.45, 2.75) is 11.3 Å². The molecule has 0 fully saturated rings. The van der Waals surface area contributed by atoms with Gasteiger partial charge in [-0.05, 0) is 48.5 Å². The zero-order valence-electron chi connectivity index (χ0n) is 16.9. The quantitative estimate of drug-likeness (QED) is 0.373. The number of thioether (sulfide) groups is 1. The second kappa shape index (κ2) is 10.4. The average molecular weight is 481 g/mol. The number of carbonyl (C=O) groups is 3. The van der Waals surface area contributed by atoms with Crippen LogP contribution in [-0.4, -0.2) is 53.0 Å². The van der Waals surface area contributed by atoms with Crippen molar-refractivity contribution < 1.29 is 37.4 Å². The van der Waals surface area contributed by atoms with Gasteiger partial charge in [-0.25, -0.2) is 0 Å². The smallest absolute Gasteiger partial charge is 0.406 e. The maximum absolute atomic E-state index is 12.2. The first-order chi connectivity index (χ1) is 15.6. The van der Waals surface area contributed by atoms with Gasteiger partial charge in [0, 0.05) is 22.3 Å². The van der Waals surface area contributed by atoms with Gasteiger partial charge in [-0.1, -0.05) is 0 Å². The van der Waals surface area contributed by atoms with Gasteiger partial charge in [0.15, 0.2) is 0 Å². The number of anilines is 2. The summed E-state index contributed by atoms with van der Waals surface area (Å²) in [6, 6.07) is 11.6. The second-order valence-electron chi connectivity index (χ2n) is 6.64. The van der Waals surface area contributed by atoms with Crippen molar-refractivity contribution in [1.29, 1.82) is 0 Å². The molecule has 2 aromatic carbocycles. The first kappa shape index (κ1) is 24.1. The van der Waals surface area contributed by atoms with Crippen LogP contribution < -0.4 is 15.4 Å². The van der Waals surface area contributed by atoms with Crippen molar-refractivity contribution in [1.82, 2.24) is 4.90 Å². The number of aliphatic hydroxyl groups is 1. The molecule has 0 saturated carbocycles. The van der Waals surface area contributed by atoms with Gasteiger partial charge in [0.05, 0.1) is 18.9 Å². The minimum Gasteiger partial charge on any atom is -0.406 e. The fraction of sp³-hybridized carbons (Fsp3) is 0.190. The predicted molar refractivity (Wildman–Crippen MR) is 114 cm³/mol. The molecule has 8 nitrogen and oxygen atoms in total. The van der Waals surface area contributed by atoms with E-state index in [1.807, 2.05) is 0 Å². The molecule has 1 aliphatic heterocycles. The number of hydrogen-bond acceptors (Lipinski definition) is 7. The highest BCUT2D eigenvalue weighted by molar-refractivity contribution is 8.00. The number of aliphatic hydroxyl groups excluding tert-OH is 1. The Morgan fingerprint density at radius 1 is 1.03 bits per heavy atom. The number of rotatable bonds is 9. The van der Waals surface area contributed by atoms with Gasteiger partial charge < -0.3 is 20.5 Å². The molecule has 12 heteroatoms. The van der Waals surface area contributed by atoms with E-state index in [1.54, 1.807) is 24.3 Å². The summed E-state index contributed by atoms with van der Waals surface area (Å²) in [6.45, 7) is -0.404. The maximum Gasteiger partial charge on any atom is 0.573 e. The van der Waals surface area contributed by atoms with Crippen molar-refractivity contribution in [2.75, 3.05) is 29.5 Å². The van der Waals surface area contributed by atoms with Crippen LogP contribution in [0.25, 0.3) is 0 Å². The van der Waals surface area contributed by atoms with E-state index in [0.29, 0.717) is 11.4 Å². The Hall–Kier alpha value is -3.51. The van der Waals surface area contributed by atoms with Gasteiger partial charge in [-0.3, -0.25) is 19.3 Å². The van der Waals surface area contributed by atoms with E-state index >= 15 is 0 Å². The van der Waals surface area contributed by atoms with Crippen molar-refractivity contribution in [3.8, 4) is 5.75 Å². The fourth-order valence-corrected chi connectivity index (χ4v) is 3.48. The molecule has 0 spiro atoms. The lowest BCUT2D eigenvalue weighted by atomic mass is 10.3. The van der Waals surface area contributed by atoms with Gasteiger partial charge in [0.1, 0.15) is 11.4 Å². The number of carbonyl (C=O) groups excluding carboxylic acids is 3. The summed E-state index contributed by atoms with van der Waals surface area (Å²) in [6.07, 6.45) is -3.62. The number of benzene rings is 2. The molecule has 0 aromatic heterocycles. The Labute approximate surface area is 190 Å². The summed E-state index contributed by atoms with van der Waals surface area (Å²) in [5.74, 6) is -1.71. The van der Waals surface area contributed by atoms with E-state index in [0.717, 1.165) is 28.0 Å². The highest BCUT2D eigenvalue weighted by atomic mass is 32.2. The second-order valence-corrected chi connectivity index (χ2v) is 7.68. The molecule has 33 heavy (non-hydrogen) atoms. The van der Waals surface area contributed by atoms with E-state index < -0.39 is 18.2 Å². The van der Waals surface area contributed by atoms with E-state index in [1.165, 1.54) is 23.9 Å². The number of imide groups is 1. The number of ether oxygens (including phenoxy) is 1. The van der Waals surface area contributed by atoms with Gasteiger partial charge >= 0.3 is 6.36 Å². The third-order valence-electron chi connectivity index (χ3n) is 4.21. The zero-order chi connectivity index (χ0) is 24.0. The summed E-state index contributed by atoms with van der Waals surface area (Å²) in [4.78, 5) is 37.7. The van der Waals surface area contributed by atoms with E-state index in [4.69, 9.17) is 5.11 Å². The molecule has 2 aromatic rings. The minimum absolute atomic E-state index is 0.0574.